The van der Waals surface area contributed by atoms with Crippen LogP contribution in [0.4, 0.5) is 0 Å². The van der Waals surface area contributed by atoms with Crippen molar-refractivity contribution in [3.8, 4) is 0 Å². The first kappa shape index (κ1) is 19.1. The van der Waals surface area contributed by atoms with Crippen LogP contribution in [0.5, 0.6) is 0 Å². The highest BCUT2D eigenvalue weighted by atomic mass is 32.2. The molecule has 3 nitrogen and oxygen atoms in total. The Morgan fingerprint density at radius 1 is 1.17 bits per heavy atom. The molecule has 0 fully saturated rings. The van der Waals surface area contributed by atoms with Crippen molar-refractivity contribution in [2.45, 2.75) is 44.9 Å². The summed E-state index contributed by atoms with van der Waals surface area (Å²) in [5, 5.41) is 1.26. The third-order valence-electron chi connectivity index (χ3n) is 4.08. The Morgan fingerprint density at radius 2 is 1.88 bits per heavy atom. The first-order valence-electron chi connectivity index (χ1n) is 8.27. The second-order valence-corrected chi connectivity index (χ2v) is 8.56. The van der Waals surface area contributed by atoms with E-state index in [0.717, 1.165) is 41.0 Å². The van der Waals surface area contributed by atoms with E-state index >= 15 is 0 Å². The summed E-state index contributed by atoms with van der Waals surface area (Å²) in [6, 6.07) is 9.17. The van der Waals surface area contributed by atoms with Crippen LogP contribution in [0, 0.1) is 5.41 Å². The second kappa shape index (κ2) is 8.77. The number of thioether (sulfide) groups is 2. The van der Waals surface area contributed by atoms with Crippen molar-refractivity contribution in [3.05, 3.63) is 40.8 Å². The maximum absolute atomic E-state index is 12.0. The van der Waals surface area contributed by atoms with Crippen LogP contribution in [-0.2, 0) is 4.79 Å². The Balaban J connectivity index is 1.79. The fourth-order valence-electron chi connectivity index (χ4n) is 2.09. The molecular weight excluding hydrogens is 340 g/mol. The molecule has 0 N–H and O–H groups in total. The molecule has 0 atom stereocenters. The molecule has 130 valence electrons. The number of hydrogen-bond acceptors (Lipinski definition) is 5. The monoisotopic (exact) mass is 364 g/mol. The summed E-state index contributed by atoms with van der Waals surface area (Å²) in [5.41, 5.74) is 0.103. The van der Waals surface area contributed by atoms with Crippen LogP contribution >= 0.6 is 23.5 Å². The molecule has 0 saturated heterocycles. The number of carbonyl (C=O) groups is 1. The summed E-state index contributed by atoms with van der Waals surface area (Å²) < 4.78 is 5.21. The van der Waals surface area contributed by atoms with E-state index < -0.39 is 0 Å². The van der Waals surface area contributed by atoms with E-state index in [1.807, 2.05) is 38.1 Å². The Kier molecular flexibility index (Phi) is 6.99. The smallest absolute Gasteiger partial charge is 0.337 e. The molecule has 24 heavy (non-hydrogen) atoms. The number of carbonyl (C=O) groups excluding carboxylic acids is 1. The normalized spacial score (nSPS) is 11.8. The zero-order valence-corrected chi connectivity index (χ0v) is 16.1. The maximum atomic E-state index is 12.0. The van der Waals surface area contributed by atoms with E-state index in [1.165, 1.54) is 11.8 Å². The second-order valence-electron chi connectivity index (χ2n) is 6.35. The van der Waals surface area contributed by atoms with E-state index in [9.17, 15) is 9.59 Å². The van der Waals surface area contributed by atoms with E-state index in [4.69, 9.17) is 4.42 Å². The highest BCUT2D eigenvalue weighted by molar-refractivity contribution is 8.13. The summed E-state index contributed by atoms with van der Waals surface area (Å²) in [6.07, 6.45) is 2.90. The van der Waals surface area contributed by atoms with Crippen molar-refractivity contribution >= 4 is 39.6 Å². The van der Waals surface area contributed by atoms with Gasteiger partial charge in [-0.2, -0.15) is 0 Å². The quantitative estimate of drug-likeness (QED) is 0.358. The fourth-order valence-corrected chi connectivity index (χ4v) is 4.23. The van der Waals surface area contributed by atoms with Gasteiger partial charge in [0.2, 0.25) is 0 Å². The van der Waals surface area contributed by atoms with Gasteiger partial charge in [-0.1, -0.05) is 50.7 Å². The van der Waals surface area contributed by atoms with Gasteiger partial charge in [-0.25, -0.2) is 4.79 Å². The summed E-state index contributed by atoms with van der Waals surface area (Å²) in [4.78, 5) is 24.6. The van der Waals surface area contributed by atoms with Gasteiger partial charge >= 0.3 is 5.63 Å². The van der Waals surface area contributed by atoms with E-state index in [0.29, 0.717) is 5.58 Å². The number of rotatable bonds is 8. The molecule has 0 saturated carbocycles. The molecule has 0 unspecified atom stereocenters. The lowest BCUT2D eigenvalue weighted by molar-refractivity contribution is -0.118. The average molecular weight is 365 g/mol. The molecule has 0 amide bonds. The SMILES string of the molecule is CCC(C)(C)C(=O)SCCCCSc1cc(=O)oc2ccccc12. The number of para-hydroxylation sites is 1. The van der Waals surface area contributed by atoms with Crippen molar-refractivity contribution in [3.63, 3.8) is 0 Å². The summed E-state index contributed by atoms with van der Waals surface area (Å²) in [5.74, 6) is 1.79. The van der Waals surface area contributed by atoms with Gasteiger partial charge in [-0.05, 0) is 31.1 Å². The van der Waals surface area contributed by atoms with Crippen LogP contribution in [0.3, 0.4) is 0 Å². The predicted molar refractivity (Wildman–Crippen MR) is 104 cm³/mol. The Labute approximate surface area is 151 Å². The van der Waals surface area contributed by atoms with Crippen LogP contribution in [-0.4, -0.2) is 16.6 Å². The third-order valence-corrected chi connectivity index (χ3v) is 6.53. The van der Waals surface area contributed by atoms with Crippen molar-refractivity contribution < 1.29 is 9.21 Å². The van der Waals surface area contributed by atoms with Gasteiger partial charge in [0.25, 0.3) is 0 Å². The average Bonchev–Trinajstić information content (AvgIpc) is 2.57. The van der Waals surface area contributed by atoms with E-state index in [2.05, 4.69) is 6.92 Å². The third kappa shape index (κ3) is 5.15. The van der Waals surface area contributed by atoms with Crippen molar-refractivity contribution in [1.29, 1.82) is 0 Å². The topological polar surface area (TPSA) is 47.3 Å². The zero-order valence-electron chi connectivity index (χ0n) is 14.5. The lowest BCUT2D eigenvalue weighted by Gasteiger charge is -2.19. The highest BCUT2D eigenvalue weighted by Crippen LogP contribution is 2.29. The Morgan fingerprint density at radius 3 is 2.62 bits per heavy atom. The van der Waals surface area contributed by atoms with Gasteiger partial charge in [0.15, 0.2) is 5.12 Å². The summed E-state index contributed by atoms with van der Waals surface area (Å²) in [6.45, 7) is 6.06. The minimum atomic E-state index is -0.306. The van der Waals surface area contributed by atoms with Gasteiger partial charge in [0.05, 0.1) is 0 Å². The van der Waals surface area contributed by atoms with E-state index in [-0.39, 0.29) is 16.2 Å². The van der Waals surface area contributed by atoms with Gasteiger partial charge in [0, 0.05) is 27.5 Å². The molecule has 1 heterocycles. The van der Waals surface area contributed by atoms with E-state index in [1.54, 1.807) is 17.8 Å². The van der Waals surface area contributed by atoms with Crippen molar-refractivity contribution in [2.75, 3.05) is 11.5 Å². The molecule has 0 spiro atoms. The molecule has 2 rings (SSSR count). The molecule has 1 aromatic heterocycles. The number of fused-ring (bicyclic) bond motifs is 1. The van der Waals surface area contributed by atoms with Crippen LogP contribution in [0.2, 0.25) is 0 Å². The van der Waals surface area contributed by atoms with Crippen LogP contribution in [0.25, 0.3) is 11.0 Å². The standard InChI is InChI=1S/C19H24O3S2/c1-4-19(2,3)18(21)24-12-8-7-11-23-16-13-17(20)22-15-10-6-5-9-14(15)16/h5-6,9-10,13H,4,7-8,11-12H2,1-3H3. The van der Waals surface area contributed by atoms with Crippen LogP contribution in [0.1, 0.15) is 40.0 Å². The number of unbranched alkanes of at least 4 members (excludes halogenated alkanes) is 1. The molecule has 1 aromatic carbocycles. The fraction of sp³-hybridized carbons (Fsp3) is 0.474. The Hall–Kier alpha value is -1.20. The van der Waals surface area contributed by atoms with Gasteiger partial charge in [0.1, 0.15) is 5.58 Å². The number of hydrogen-bond donors (Lipinski definition) is 0. The van der Waals surface area contributed by atoms with Crippen LogP contribution in [0.15, 0.2) is 44.4 Å². The molecule has 5 heteroatoms. The molecular formula is C19H24O3S2. The maximum Gasteiger partial charge on any atom is 0.337 e. The van der Waals surface area contributed by atoms with Gasteiger partial charge in [-0.15, -0.1) is 11.8 Å². The molecule has 0 bridgehead atoms. The number of benzene rings is 1. The first-order valence-corrected chi connectivity index (χ1v) is 10.2. The van der Waals surface area contributed by atoms with Crippen molar-refractivity contribution in [1.82, 2.24) is 0 Å². The lowest BCUT2D eigenvalue weighted by atomic mass is 9.92. The lowest BCUT2D eigenvalue weighted by Crippen LogP contribution is -2.20. The minimum Gasteiger partial charge on any atom is -0.423 e. The predicted octanol–water partition coefficient (Wildman–Crippen LogP) is 5.36. The summed E-state index contributed by atoms with van der Waals surface area (Å²) in [7, 11) is 0. The summed E-state index contributed by atoms with van der Waals surface area (Å²) >= 11 is 3.12. The molecule has 2 aromatic rings. The molecule has 0 aliphatic rings. The molecule has 0 aliphatic heterocycles. The Bertz CT molecular complexity index is 750. The highest BCUT2D eigenvalue weighted by Gasteiger charge is 2.24. The van der Waals surface area contributed by atoms with Gasteiger partial charge < -0.3 is 4.42 Å². The minimum absolute atomic E-state index is 0.226. The zero-order chi connectivity index (χ0) is 17.6. The van der Waals surface area contributed by atoms with Gasteiger partial charge in [-0.3, -0.25) is 4.79 Å². The molecule has 0 aliphatic carbocycles. The first-order chi connectivity index (χ1) is 11.4. The molecule has 0 radical (unpaired) electrons. The largest absolute Gasteiger partial charge is 0.423 e. The van der Waals surface area contributed by atoms with Crippen LogP contribution < -0.4 is 5.63 Å². The van der Waals surface area contributed by atoms with Crippen molar-refractivity contribution in [2.24, 2.45) is 5.41 Å².